The highest BCUT2D eigenvalue weighted by molar-refractivity contribution is 6.32. The molecular weight excluding hydrogens is 254 g/mol. The molecule has 0 aliphatic heterocycles. The first-order chi connectivity index (χ1) is 8.58. The van der Waals surface area contributed by atoms with Crippen LogP contribution in [0.5, 0.6) is 11.5 Å². The lowest BCUT2D eigenvalue weighted by molar-refractivity contribution is 0.162. The molecule has 0 atom stereocenters. The zero-order valence-corrected chi connectivity index (χ0v) is 10.6. The van der Waals surface area contributed by atoms with Crippen molar-refractivity contribution in [1.29, 1.82) is 0 Å². The molecule has 1 amide bonds. The quantitative estimate of drug-likeness (QED) is 0.834. The Morgan fingerprint density at radius 2 is 2.00 bits per heavy atom. The summed E-state index contributed by atoms with van der Waals surface area (Å²) in [5.41, 5.74) is 0. The molecule has 0 aliphatic carbocycles. The summed E-state index contributed by atoms with van der Waals surface area (Å²) in [6.45, 7) is 7.82. The van der Waals surface area contributed by atoms with Crippen molar-refractivity contribution >= 4 is 17.7 Å². The van der Waals surface area contributed by atoms with E-state index in [0.717, 1.165) is 0 Å². The summed E-state index contributed by atoms with van der Waals surface area (Å²) in [7, 11) is 0. The molecule has 1 aromatic carbocycles. The molecule has 96 valence electrons. The maximum absolute atomic E-state index is 11.8. The molecule has 1 N–H and O–H groups in total. The number of nitrogens with zero attached hydrogens (tertiary/aromatic N) is 1. The van der Waals surface area contributed by atoms with E-state index in [1.54, 1.807) is 12.2 Å². The van der Waals surface area contributed by atoms with Gasteiger partial charge >= 0.3 is 6.09 Å². The molecule has 0 saturated heterocycles. The Balaban J connectivity index is 2.75. The summed E-state index contributed by atoms with van der Waals surface area (Å²) in [5, 5.41) is 9.59. The van der Waals surface area contributed by atoms with E-state index in [0.29, 0.717) is 13.1 Å². The molecule has 1 aromatic rings. The van der Waals surface area contributed by atoms with E-state index in [2.05, 4.69) is 13.2 Å². The van der Waals surface area contributed by atoms with Gasteiger partial charge in [0.05, 0.1) is 5.02 Å². The zero-order valence-electron chi connectivity index (χ0n) is 9.80. The number of carbonyl (C=O) groups is 1. The van der Waals surface area contributed by atoms with Crippen LogP contribution >= 0.6 is 11.6 Å². The SMILES string of the molecule is C=CCN(CC=C)C(=O)Oc1ccc(Cl)c(O)c1. The highest BCUT2D eigenvalue weighted by atomic mass is 35.5. The van der Waals surface area contributed by atoms with Crippen LogP contribution in [0.1, 0.15) is 0 Å². The van der Waals surface area contributed by atoms with Gasteiger partial charge in [0.25, 0.3) is 0 Å². The van der Waals surface area contributed by atoms with Gasteiger partial charge in [0.2, 0.25) is 0 Å². The van der Waals surface area contributed by atoms with E-state index in [-0.39, 0.29) is 16.5 Å². The maximum Gasteiger partial charge on any atom is 0.415 e. The number of aromatic hydroxyl groups is 1. The summed E-state index contributed by atoms with van der Waals surface area (Å²) in [4.78, 5) is 13.2. The third-order valence-corrected chi connectivity index (χ3v) is 2.40. The number of halogens is 1. The fourth-order valence-corrected chi connectivity index (χ4v) is 1.37. The van der Waals surface area contributed by atoms with Crippen LogP contribution in [0.4, 0.5) is 4.79 Å². The third kappa shape index (κ3) is 3.82. The molecule has 4 nitrogen and oxygen atoms in total. The first-order valence-electron chi connectivity index (χ1n) is 5.25. The maximum atomic E-state index is 11.8. The van der Waals surface area contributed by atoms with Crippen molar-refractivity contribution in [3.8, 4) is 11.5 Å². The Bertz CT molecular complexity index is 450. The van der Waals surface area contributed by atoms with Crippen LogP contribution in [0.25, 0.3) is 0 Å². The van der Waals surface area contributed by atoms with Crippen molar-refractivity contribution in [3.63, 3.8) is 0 Å². The number of amides is 1. The lowest BCUT2D eigenvalue weighted by Gasteiger charge is -2.18. The van der Waals surface area contributed by atoms with Crippen LogP contribution in [-0.2, 0) is 0 Å². The average molecular weight is 268 g/mol. The molecule has 0 heterocycles. The molecule has 0 unspecified atom stereocenters. The molecule has 0 spiro atoms. The number of ether oxygens (including phenoxy) is 1. The van der Waals surface area contributed by atoms with Gasteiger partial charge in [-0.05, 0) is 12.1 Å². The van der Waals surface area contributed by atoms with Crippen molar-refractivity contribution < 1.29 is 14.6 Å². The van der Waals surface area contributed by atoms with Gasteiger partial charge in [-0.2, -0.15) is 0 Å². The smallest absolute Gasteiger partial charge is 0.415 e. The van der Waals surface area contributed by atoms with E-state index in [1.165, 1.54) is 23.1 Å². The number of phenolic OH excluding ortho intramolecular Hbond substituents is 1. The number of hydrogen-bond donors (Lipinski definition) is 1. The van der Waals surface area contributed by atoms with Crippen LogP contribution in [0.15, 0.2) is 43.5 Å². The Morgan fingerprint density at radius 1 is 1.39 bits per heavy atom. The first-order valence-corrected chi connectivity index (χ1v) is 5.63. The average Bonchev–Trinajstić information content (AvgIpc) is 2.33. The second kappa shape index (κ2) is 6.71. The highest BCUT2D eigenvalue weighted by Crippen LogP contribution is 2.27. The Morgan fingerprint density at radius 3 is 2.50 bits per heavy atom. The summed E-state index contributed by atoms with van der Waals surface area (Å²) >= 11 is 5.65. The summed E-state index contributed by atoms with van der Waals surface area (Å²) < 4.78 is 5.09. The molecule has 1 rings (SSSR count). The summed E-state index contributed by atoms with van der Waals surface area (Å²) in [5.74, 6) is 0.0842. The number of benzene rings is 1. The van der Waals surface area contributed by atoms with Crippen LogP contribution in [0.3, 0.4) is 0 Å². The Hall–Kier alpha value is -1.94. The topological polar surface area (TPSA) is 49.8 Å². The van der Waals surface area contributed by atoms with Crippen LogP contribution in [0, 0.1) is 0 Å². The highest BCUT2D eigenvalue weighted by Gasteiger charge is 2.13. The van der Waals surface area contributed by atoms with E-state index in [1.807, 2.05) is 0 Å². The van der Waals surface area contributed by atoms with Crippen molar-refractivity contribution in [3.05, 3.63) is 48.5 Å². The molecule has 0 aliphatic rings. The summed E-state index contributed by atoms with van der Waals surface area (Å²) in [6, 6.07) is 4.23. The molecule has 0 bridgehead atoms. The predicted molar refractivity (Wildman–Crippen MR) is 71.1 cm³/mol. The van der Waals surface area contributed by atoms with Gasteiger partial charge < -0.3 is 14.7 Å². The molecule has 0 aromatic heterocycles. The van der Waals surface area contributed by atoms with E-state index in [4.69, 9.17) is 16.3 Å². The molecule has 0 fully saturated rings. The van der Waals surface area contributed by atoms with Gasteiger partial charge in [0, 0.05) is 19.2 Å². The normalized spacial score (nSPS) is 9.61. The van der Waals surface area contributed by atoms with Crippen LogP contribution < -0.4 is 4.74 Å². The molecule has 0 radical (unpaired) electrons. The van der Waals surface area contributed by atoms with Gasteiger partial charge in [-0.15, -0.1) is 13.2 Å². The largest absolute Gasteiger partial charge is 0.506 e. The van der Waals surface area contributed by atoms with Gasteiger partial charge in [-0.3, -0.25) is 0 Å². The van der Waals surface area contributed by atoms with E-state index in [9.17, 15) is 9.90 Å². The first kappa shape index (κ1) is 14.1. The van der Waals surface area contributed by atoms with Gasteiger partial charge in [-0.25, -0.2) is 4.79 Å². The monoisotopic (exact) mass is 267 g/mol. The fraction of sp³-hybridized carbons (Fsp3) is 0.154. The predicted octanol–water partition coefficient (Wildman–Crippen LogP) is 3.22. The third-order valence-electron chi connectivity index (χ3n) is 2.08. The van der Waals surface area contributed by atoms with Crippen molar-refractivity contribution in [1.82, 2.24) is 4.90 Å². The van der Waals surface area contributed by atoms with Crippen molar-refractivity contribution in [2.24, 2.45) is 0 Å². The van der Waals surface area contributed by atoms with E-state index < -0.39 is 6.09 Å². The van der Waals surface area contributed by atoms with Gasteiger partial charge in [-0.1, -0.05) is 23.8 Å². The number of hydrogen-bond acceptors (Lipinski definition) is 3. The fourth-order valence-electron chi connectivity index (χ4n) is 1.26. The second-order valence-electron chi connectivity index (χ2n) is 3.46. The summed E-state index contributed by atoms with van der Waals surface area (Å²) in [6.07, 6.45) is 2.63. The number of phenols is 1. The van der Waals surface area contributed by atoms with Crippen molar-refractivity contribution in [2.75, 3.05) is 13.1 Å². The standard InChI is InChI=1S/C13H14ClNO3/c1-3-7-15(8-4-2)13(17)18-10-5-6-11(14)12(16)9-10/h3-6,9,16H,1-2,7-8H2. The lowest BCUT2D eigenvalue weighted by atomic mass is 10.3. The molecule has 0 saturated carbocycles. The minimum Gasteiger partial charge on any atom is -0.506 e. The molecule has 5 heteroatoms. The van der Waals surface area contributed by atoms with Crippen molar-refractivity contribution in [2.45, 2.75) is 0 Å². The van der Waals surface area contributed by atoms with Crippen LogP contribution in [0.2, 0.25) is 5.02 Å². The molecular formula is C13H14ClNO3. The minimum atomic E-state index is -0.545. The second-order valence-corrected chi connectivity index (χ2v) is 3.87. The van der Waals surface area contributed by atoms with Gasteiger partial charge in [0.15, 0.2) is 0 Å². The lowest BCUT2D eigenvalue weighted by Crippen LogP contribution is -2.33. The number of rotatable bonds is 5. The Kier molecular flexibility index (Phi) is 5.27. The minimum absolute atomic E-state index is 0.138. The van der Waals surface area contributed by atoms with E-state index >= 15 is 0 Å². The Labute approximate surface area is 111 Å². The van der Waals surface area contributed by atoms with Gasteiger partial charge in [0.1, 0.15) is 11.5 Å². The zero-order chi connectivity index (χ0) is 13.5. The number of carbonyl (C=O) groups excluding carboxylic acids is 1. The molecule has 18 heavy (non-hydrogen) atoms. The van der Waals surface area contributed by atoms with Crippen LogP contribution in [-0.4, -0.2) is 29.2 Å².